The highest BCUT2D eigenvalue weighted by molar-refractivity contribution is 7.25. The predicted molar refractivity (Wildman–Crippen MR) is 162 cm³/mol. The van der Waals surface area contributed by atoms with Crippen LogP contribution in [0.3, 0.4) is 0 Å². The van der Waals surface area contributed by atoms with Gasteiger partial charge >= 0.3 is 0 Å². The van der Waals surface area contributed by atoms with Crippen LogP contribution in [0.2, 0.25) is 0 Å². The molecule has 1 aromatic heterocycles. The largest absolute Gasteiger partial charge is 0.135 e. The van der Waals surface area contributed by atoms with Crippen molar-refractivity contribution < 1.29 is 0 Å². The van der Waals surface area contributed by atoms with E-state index < -0.39 is 0 Å². The fraction of sp³-hybridized carbons (Fsp3) is 0.0556. The zero-order valence-electron chi connectivity index (χ0n) is 20.4. The first-order valence-electron chi connectivity index (χ1n) is 13.0. The molecule has 0 spiro atoms. The Kier molecular flexibility index (Phi) is 4.62. The van der Waals surface area contributed by atoms with E-state index in [0.29, 0.717) is 0 Å². The molecule has 1 heteroatoms. The van der Waals surface area contributed by atoms with E-state index in [1.807, 2.05) is 11.3 Å². The van der Waals surface area contributed by atoms with Crippen LogP contribution in [-0.4, -0.2) is 0 Å². The highest BCUT2D eigenvalue weighted by Crippen LogP contribution is 2.44. The summed E-state index contributed by atoms with van der Waals surface area (Å²) in [5, 5.41) is 10.8. The van der Waals surface area contributed by atoms with Crippen LogP contribution >= 0.6 is 11.3 Å². The van der Waals surface area contributed by atoms with Crippen molar-refractivity contribution in [3.8, 4) is 11.1 Å². The second-order valence-corrected chi connectivity index (χ2v) is 11.0. The molecule has 0 bridgehead atoms. The van der Waals surface area contributed by atoms with Gasteiger partial charge in [0.05, 0.1) is 0 Å². The molecule has 0 saturated heterocycles. The minimum atomic E-state index is 1.07. The lowest BCUT2D eigenvalue weighted by atomic mass is 9.83. The van der Waals surface area contributed by atoms with Crippen molar-refractivity contribution in [2.75, 3.05) is 0 Å². The molecule has 1 heterocycles. The van der Waals surface area contributed by atoms with Gasteiger partial charge in [-0.3, -0.25) is 0 Å². The lowest BCUT2D eigenvalue weighted by Gasteiger charge is -2.20. The van der Waals surface area contributed by atoms with Crippen LogP contribution in [0, 0.1) is 0 Å². The molecule has 0 nitrogen and oxygen atoms in total. The average Bonchev–Trinajstić information content (AvgIpc) is 3.33. The highest BCUT2D eigenvalue weighted by Gasteiger charge is 2.19. The molecule has 0 saturated carbocycles. The standard InChI is InChI=1S/C36H24S/c1-2-12-25-23(10-1)11-9-18-27(25)36-30-16-5-3-14-28(30)35(29-15-4-6-17-31(29)36)24-20-21-34-32(22-24)26-13-7-8-19-33(26)37-34/h1-8,10-17,19-22H,9,18H2. The summed E-state index contributed by atoms with van der Waals surface area (Å²) in [6.07, 6.45) is 4.54. The summed E-state index contributed by atoms with van der Waals surface area (Å²) in [6, 6.07) is 42.8. The highest BCUT2D eigenvalue weighted by atomic mass is 32.1. The Morgan fingerprint density at radius 3 is 1.84 bits per heavy atom. The molecule has 0 fully saturated rings. The molecule has 0 unspecified atom stereocenters. The van der Waals surface area contributed by atoms with Gasteiger partial charge in [0.15, 0.2) is 0 Å². The van der Waals surface area contributed by atoms with E-state index in [2.05, 4.69) is 121 Å². The van der Waals surface area contributed by atoms with Crippen molar-refractivity contribution in [2.45, 2.75) is 12.8 Å². The molecular formula is C36H24S. The molecular weight excluding hydrogens is 464 g/mol. The van der Waals surface area contributed by atoms with Gasteiger partial charge < -0.3 is 0 Å². The Morgan fingerprint density at radius 2 is 1.08 bits per heavy atom. The first kappa shape index (κ1) is 20.9. The average molecular weight is 489 g/mol. The van der Waals surface area contributed by atoms with E-state index in [0.717, 1.165) is 12.8 Å². The van der Waals surface area contributed by atoms with Gasteiger partial charge in [0.1, 0.15) is 0 Å². The first-order chi connectivity index (χ1) is 18.4. The third kappa shape index (κ3) is 3.14. The number of hydrogen-bond acceptors (Lipinski definition) is 1. The van der Waals surface area contributed by atoms with E-state index in [1.54, 1.807) is 0 Å². The summed E-state index contributed by atoms with van der Waals surface area (Å²) >= 11 is 1.88. The molecule has 1 aliphatic rings. The Bertz CT molecular complexity index is 2090. The fourth-order valence-electron chi connectivity index (χ4n) is 6.36. The van der Waals surface area contributed by atoms with Gasteiger partial charge in [-0.25, -0.2) is 0 Å². The molecule has 7 aromatic rings. The van der Waals surface area contributed by atoms with Crippen molar-refractivity contribution in [3.05, 3.63) is 131 Å². The van der Waals surface area contributed by atoms with Crippen LogP contribution in [0.25, 0.3) is 64.5 Å². The molecule has 8 rings (SSSR count). The van der Waals surface area contributed by atoms with E-state index >= 15 is 0 Å². The zero-order chi connectivity index (χ0) is 24.3. The summed E-state index contributed by atoms with van der Waals surface area (Å²) in [5.74, 6) is 0. The van der Waals surface area contributed by atoms with Crippen LogP contribution in [-0.2, 0) is 0 Å². The maximum atomic E-state index is 2.42. The van der Waals surface area contributed by atoms with E-state index in [9.17, 15) is 0 Å². The Morgan fingerprint density at radius 1 is 0.486 bits per heavy atom. The van der Waals surface area contributed by atoms with Gasteiger partial charge in [-0.15, -0.1) is 11.3 Å². The van der Waals surface area contributed by atoms with Gasteiger partial charge in [-0.2, -0.15) is 0 Å². The quantitative estimate of drug-likeness (QED) is 0.213. The lowest BCUT2D eigenvalue weighted by molar-refractivity contribution is 1.08. The summed E-state index contributed by atoms with van der Waals surface area (Å²) < 4.78 is 2.70. The van der Waals surface area contributed by atoms with Crippen molar-refractivity contribution in [1.82, 2.24) is 0 Å². The number of hydrogen-bond donors (Lipinski definition) is 0. The molecule has 1 aliphatic carbocycles. The summed E-state index contributed by atoms with van der Waals surface area (Å²) in [4.78, 5) is 0. The monoisotopic (exact) mass is 488 g/mol. The van der Waals surface area contributed by atoms with E-state index in [4.69, 9.17) is 0 Å². The maximum Gasteiger partial charge on any atom is 0.0355 e. The molecule has 0 N–H and O–H groups in total. The molecule has 174 valence electrons. The fourth-order valence-corrected chi connectivity index (χ4v) is 7.45. The van der Waals surface area contributed by atoms with Crippen LogP contribution in [0.1, 0.15) is 18.4 Å². The van der Waals surface area contributed by atoms with Crippen molar-refractivity contribution in [3.63, 3.8) is 0 Å². The molecule has 0 radical (unpaired) electrons. The third-order valence-corrected chi connectivity index (χ3v) is 9.09. The second kappa shape index (κ2) is 8.16. The minimum Gasteiger partial charge on any atom is -0.135 e. The smallest absolute Gasteiger partial charge is 0.0355 e. The molecule has 0 aliphatic heterocycles. The van der Waals surface area contributed by atoms with Crippen molar-refractivity contribution in [1.29, 1.82) is 0 Å². The van der Waals surface area contributed by atoms with E-state index in [-0.39, 0.29) is 0 Å². The van der Waals surface area contributed by atoms with Gasteiger partial charge in [0.25, 0.3) is 0 Å². The van der Waals surface area contributed by atoms with Gasteiger partial charge in [-0.1, -0.05) is 103 Å². The normalized spacial score (nSPS) is 13.4. The first-order valence-corrected chi connectivity index (χ1v) is 13.8. The lowest BCUT2D eigenvalue weighted by Crippen LogP contribution is -2.29. The van der Waals surface area contributed by atoms with Crippen LogP contribution in [0.4, 0.5) is 0 Å². The van der Waals surface area contributed by atoms with Gasteiger partial charge in [-0.05, 0) is 85.3 Å². The zero-order valence-corrected chi connectivity index (χ0v) is 21.2. The summed E-state index contributed by atoms with van der Waals surface area (Å²) in [6.45, 7) is 0. The maximum absolute atomic E-state index is 2.42. The summed E-state index contributed by atoms with van der Waals surface area (Å²) in [7, 11) is 0. The van der Waals surface area contributed by atoms with Gasteiger partial charge in [0.2, 0.25) is 0 Å². The molecule has 37 heavy (non-hydrogen) atoms. The molecule has 6 aromatic carbocycles. The van der Waals surface area contributed by atoms with Crippen LogP contribution in [0.15, 0.2) is 115 Å². The van der Waals surface area contributed by atoms with Crippen LogP contribution < -0.4 is 10.4 Å². The Hall–Kier alpha value is -4.20. The second-order valence-electron chi connectivity index (χ2n) is 9.96. The number of thiophene rings is 1. The van der Waals surface area contributed by atoms with Crippen molar-refractivity contribution >= 4 is 64.7 Å². The summed E-state index contributed by atoms with van der Waals surface area (Å²) in [5.41, 5.74) is 5.50. The van der Waals surface area contributed by atoms with Crippen molar-refractivity contribution in [2.24, 2.45) is 0 Å². The topological polar surface area (TPSA) is 0 Å². The SMILES string of the molecule is C1=c2ccccc2=C(c2c3ccccc3c(-c3ccc4sc5ccccc5c4c3)c3ccccc23)CC1. The number of fused-ring (bicyclic) bond motifs is 6. The Labute approximate surface area is 219 Å². The molecule has 0 atom stereocenters. The Balaban J connectivity index is 1.53. The predicted octanol–water partition coefficient (Wildman–Crippen LogP) is 8.80. The third-order valence-electron chi connectivity index (χ3n) is 7.94. The number of benzene rings is 6. The van der Waals surface area contributed by atoms with E-state index in [1.165, 1.54) is 74.4 Å². The van der Waals surface area contributed by atoms with Crippen LogP contribution in [0.5, 0.6) is 0 Å². The minimum absolute atomic E-state index is 1.07. The molecule has 0 amide bonds. The number of rotatable bonds is 2. The van der Waals surface area contributed by atoms with Gasteiger partial charge in [0, 0.05) is 20.2 Å².